The first-order chi connectivity index (χ1) is 13.1. The van der Waals surface area contributed by atoms with Crippen LogP contribution in [0.3, 0.4) is 0 Å². The lowest BCUT2D eigenvalue weighted by molar-refractivity contribution is -0.136. The molecule has 3 aromatic rings. The third-order valence-corrected chi connectivity index (χ3v) is 4.83. The van der Waals surface area contributed by atoms with E-state index in [4.69, 9.17) is 6.57 Å². The zero-order chi connectivity index (χ0) is 20.5. The Balaban J connectivity index is 2.01. The van der Waals surface area contributed by atoms with Crippen molar-refractivity contribution in [1.29, 1.82) is 0 Å². The minimum absolute atomic E-state index is 0.281. The maximum Gasteiger partial charge on any atom is 0.407 e. The molecule has 0 spiro atoms. The first-order valence-electron chi connectivity index (χ1n) is 7.82. The summed E-state index contributed by atoms with van der Waals surface area (Å²) in [6.07, 6.45) is -9.48. The van der Waals surface area contributed by atoms with E-state index in [9.17, 15) is 26.3 Å². The van der Waals surface area contributed by atoms with Crippen LogP contribution >= 0.6 is 11.3 Å². The molecule has 0 unspecified atom stereocenters. The van der Waals surface area contributed by atoms with Crippen LogP contribution in [0, 0.1) is 6.57 Å². The highest BCUT2D eigenvalue weighted by atomic mass is 32.1. The van der Waals surface area contributed by atoms with Gasteiger partial charge >= 0.3 is 12.4 Å². The van der Waals surface area contributed by atoms with E-state index < -0.39 is 30.1 Å². The zero-order valence-corrected chi connectivity index (χ0v) is 14.8. The van der Waals surface area contributed by atoms with Crippen LogP contribution in [-0.4, -0.2) is 17.7 Å². The molecule has 1 heterocycles. The Morgan fingerprint density at radius 3 is 2.36 bits per heavy atom. The Hall–Kier alpha value is -2.80. The molecule has 0 aliphatic heterocycles. The molecule has 0 bridgehead atoms. The predicted octanol–water partition coefficient (Wildman–Crippen LogP) is 6.43. The van der Waals surface area contributed by atoms with Crippen molar-refractivity contribution < 1.29 is 26.3 Å². The number of hydrogen-bond acceptors (Lipinski definition) is 3. The topological polar surface area (TPSA) is 20.5 Å². The van der Waals surface area contributed by atoms with Crippen molar-refractivity contribution in [3.8, 4) is 0 Å². The van der Waals surface area contributed by atoms with Gasteiger partial charge in [-0.3, -0.25) is 0 Å². The summed E-state index contributed by atoms with van der Waals surface area (Å²) in [5.41, 5.74) is -1.61. The molecule has 1 aromatic heterocycles. The fraction of sp³-hybridized carbons (Fsp3) is 0.222. The largest absolute Gasteiger partial charge is 0.407 e. The molecular formula is C18H11F6N3S. The van der Waals surface area contributed by atoms with Gasteiger partial charge in [-0.15, -0.1) is 11.3 Å². The van der Waals surface area contributed by atoms with Gasteiger partial charge in [-0.2, -0.15) is 26.3 Å². The second-order valence-corrected chi connectivity index (χ2v) is 6.97. The molecule has 3 nitrogen and oxygen atoms in total. The van der Waals surface area contributed by atoms with Crippen molar-refractivity contribution in [2.75, 3.05) is 11.4 Å². The number of nitrogens with zero attached hydrogens (tertiary/aromatic N) is 3. The van der Waals surface area contributed by atoms with Crippen molar-refractivity contribution in [3.63, 3.8) is 0 Å². The van der Waals surface area contributed by atoms with Crippen molar-refractivity contribution in [2.45, 2.75) is 18.9 Å². The summed E-state index contributed by atoms with van der Waals surface area (Å²) in [6, 6.07) is 9.50. The average molecular weight is 415 g/mol. The van der Waals surface area contributed by atoms with Gasteiger partial charge in [0.15, 0.2) is 5.69 Å². The standard InChI is InChI=1S/C18H11F6N3S/c1-25-13-7-6-11(8-12(13)18(22,23)24)27(10-17(19,20)21)9-16-26-14-4-2-3-5-15(14)28-16/h2-8H,9-10H2. The number of aromatic nitrogens is 1. The van der Waals surface area contributed by atoms with E-state index in [1.807, 2.05) is 0 Å². The van der Waals surface area contributed by atoms with Crippen LogP contribution in [-0.2, 0) is 12.7 Å². The number of anilines is 1. The highest BCUT2D eigenvalue weighted by molar-refractivity contribution is 7.18. The number of para-hydroxylation sites is 1. The lowest BCUT2D eigenvalue weighted by atomic mass is 10.1. The molecule has 0 aliphatic carbocycles. The monoisotopic (exact) mass is 415 g/mol. The molecule has 10 heteroatoms. The second-order valence-electron chi connectivity index (χ2n) is 5.86. The summed E-state index contributed by atoms with van der Waals surface area (Å²) >= 11 is 1.17. The fourth-order valence-corrected chi connectivity index (χ4v) is 3.63. The van der Waals surface area contributed by atoms with E-state index in [1.54, 1.807) is 24.3 Å². The smallest absolute Gasteiger partial charge is 0.356 e. The number of thiazole rings is 1. The normalized spacial score (nSPS) is 12.2. The zero-order valence-electron chi connectivity index (χ0n) is 14.0. The van der Waals surface area contributed by atoms with Crippen molar-refractivity contribution >= 4 is 32.9 Å². The predicted molar refractivity (Wildman–Crippen MR) is 94.4 cm³/mol. The first-order valence-corrected chi connectivity index (χ1v) is 8.63. The SMILES string of the molecule is [C-]#[N+]c1ccc(N(Cc2nc3ccccc3s2)CC(F)(F)F)cc1C(F)(F)F. The van der Waals surface area contributed by atoms with Crippen molar-refractivity contribution in [2.24, 2.45) is 0 Å². The quantitative estimate of drug-likeness (QED) is 0.361. The van der Waals surface area contributed by atoms with Crippen molar-refractivity contribution in [3.05, 3.63) is 64.5 Å². The van der Waals surface area contributed by atoms with Gasteiger partial charge in [0.2, 0.25) is 0 Å². The van der Waals surface area contributed by atoms with Gasteiger partial charge in [-0.05, 0) is 24.3 Å². The summed E-state index contributed by atoms with van der Waals surface area (Å²) in [6.45, 7) is 5.09. The van der Waals surface area contributed by atoms with Crippen LogP contribution < -0.4 is 4.90 Å². The lowest BCUT2D eigenvalue weighted by Crippen LogP contribution is -2.34. The number of hydrogen-bond donors (Lipinski definition) is 0. The Morgan fingerprint density at radius 1 is 1.04 bits per heavy atom. The Bertz CT molecular complexity index is 999. The van der Waals surface area contributed by atoms with Crippen LogP contribution in [0.4, 0.5) is 37.7 Å². The molecule has 0 amide bonds. The summed E-state index contributed by atoms with van der Waals surface area (Å²) in [7, 11) is 0. The lowest BCUT2D eigenvalue weighted by Gasteiger charge is -2.26. The molecule has 3 rings (SSSR count). The maximum atomic E-state index is 13.2. The summed E-state index contributed by atoms with van der Waals surface area (Å²) < 4.78 is 79.5. The Kier molecular flexibility index (Phi) is 5.21. The van der Waals surface area contributed by atoms with Gasteiger partial charge in [0.05, 0.1) is 28.9 Å². The van der Waals surface area contributed by atoms with Crippen LogP contribution in [0.2, 0.25) is 0 Å². The highest BCUT2D eigenvalue weighted by Crippen LogP contribution is 2.39. The van der Waals surface area contributed by atoms with E-state index >= 15 is 0 Å². The van der Waals surface area contributed by atoms with Crippen molar-refractivity contribution in [1.82, 2.24) is 4.98 Å². The van der Waals surface area contributed by atoms with E-state index in [0.29, 0.717) is 16.6 Å². The molecule has 0 radical (unpaired) electrons. The molecule has 146 valence electrons. The van der Waals surface area contributed by atoms with Crippen LogP contribution in [0.15, 0.2) is 42.5 Å². The second kappa shape index (κ2) is 7.31. The first kappa shape index (κ1) is 19.9. The van der Waals surface area contributed by atoms with Gasteiger partial charge in [0, 0.05) is 5.69 Å². The Labute approximate surface area is 159 Å². The van der Waals surface area contributed by atoms with E-state index in [0.717, 1.165) is 21.7 Å². The minimum atomic E-state index is -4.85. The van der Waals surface area contributed by atoms with Crippen LogP contribution in [0.1, 0.15) is 10.6 Å². The van der Waals surface area contributed by atoms with Gasteiger partial charge in [0.1, 0.15) is 11.6 Å². The molecule has 0 aliphatic rings. The highest BCUT2D eigenvalue weighted by Gasteiger charge is 2.36. The summed E-state index contributed by atoms with van der Waals surface area (Å²) in [5.74, 6) is 0. The fourth-order valence-electron chi connectivity index (χ4n) is 2.65. The van der Waals surface area contributed by atoms with Gasteiger partial charge in [0.25, 0.3) is 0 Å². The third kappa shape index (κ3) is 4.54. The molecular weight excluding hydrogens is 404 g/mol. The number of benzene rings is 2. The molecule has 0 N–H and O–H groups in total. The molecule has 0 saturated carbocycles. The number of halogens is 6. The summed E-state index contributed by atoms with van der Waals surface area (Å²) in [5, 5.41) is 0.341. The van der Waals surface area contributed by atoms with Crippen LogP contribution in [0.5, 0.6) is 0 Å². The van der Waals surface area contributed by atoms with Gasteiger partial charge in [-0.25, -0.2) is 9.83 Å². The Morgan fingerprint density at radius 2 is 1.75 bits per heavy atom. The maximum absolute atomic E-state index is 13.2. The third-order valence-electron chi connectivity index (χ3n) is 3.81. The van der Waals surface area contributed by atoms with Crippen LogP contribution in [0.25, 0.3) is 15.1 Å². The molecule has 2 aromatic carbocycles. The van der Waals surface area contributed by atoms with E-state index in [2.05, 4.69) is 9.83 Å². The molecule has 0 fully saturated rings. The average Bonchev–Trinajstić information content (AvgIpc) is 3.01. The number of alkyl halides is 6. The van der Waals surface area contributed by atoms with E-state index in [1.165, 1.54) is 11.3 Å². The van der Waals surface area contributed by atoms with Gasteiger partial charge < -0.3 is 4.90 Å². The summed E-state index contributed by atoms with van der Waals surface area (Å²) in [4.78, 5) is 7.83. The number of rotatable bonds is 4. The molecule has 0 saturated heterocycles. The van der Waals surface area contributed by atoms with Gasteiger partial charge in [-0.1, -0.05) is 18.2 Å². The molecule has 28 heavy (non-hydrogen) atoms. The molecule has 0 atom stereocenters. The van der Waals surface area contributed by atoms with E-state index in [-0.39, 0.29) is 12.2 Å². The number of fused-ring (bicyclic) bond motifs is 1. The minimum Gasteiger partial charge on any atom is -0.356 e.